The number of nitrogens with zero attached hydrogens (tertiary/aromatic N) is 2. The Morgan fingerprint density at radius 3 is 2.84 bits per heavy atom. The van der Waals surface area contributed by atoms with E-state index in [0.29, 0.717) is 5.65 Å². The molecule has 0 aliphatic rings. The van der Waals surface area contributed by atoms with Crippen molar-refractivity contribution in [3.8, 4) is 0 Å². The van der Waals surface area contributed by atoms with Crippen LogP contribution in [-0.2, 0) is 0 Å². The van der Waals surface area contributed by atoms with Crippen molar-refractivity contribution < 1.29 is 0 Å². The van der Waals surface area contributed by atoms with Crippen LogP contribution in [0.3, 0.4) is 0 Å². The fraction of sp³-hybridized carbons (Fsp3) is 0. The summed E-state index contributed by atoms with van der Waals surface area (Å²) in [5.74, 6) is 0. The molecule has 0 saturated heterocycles. The number of H-pyrrole nitrogens is 1. The number of nitrogens with one attached hydrogen (secondary N) is 1. The maximum atomic E-state index is 12.1. The molecule has 4 nitrogen and oxygen atoms in total. The highest BCUT2D eigenvalue weighted by molar-refractivity contribution is 9.10. The summed E-state index contributed by atoms with van der Waals surface area (Å²) in [6.07, 6.45) is 0. The molecule has 0 amide bonds. The highest BCUT2D eigenvalue weighted by Crippen LogP contribution is 2.22. The second-order valence-electron chi connectivity index (χ2n) is 4.38. The minimum atomic E-state index is -0.179. The maximum absolute atomic E-state index is 12.1. The number of imidazole rings is 1. The van der Waals surface area contributed by atoms with Gasteiger partial charge in [0.15, 0.2) is 0 Å². The van der Waals surface area contributed by atoms with Gasteiger partial charge < -0.3 is 4.98 Å². The van der Waals surface area contributed by atoms with Crippen molar-refractivity contribution in [2.24, 2.45) is 0 Å². The SMILES string of the molecule is O=c1[nH]c2cc(Br)ccc2n2c1nc1ccccc12. The van der Waals surface area contributed by atoms with Gasteiger partial charge in [-0.3, -0.25) is 9.20 Å². The van der Waals surface area contributed by atoms with E-state index in [-0.39, 0.29) is 5.56 Å². The summed E-state index contributed by atoms with van der Waals surface area (Å²) in [7, 11) is 0. The highest BCUT2D eigenvalue weighted by atomic mass is 79.9. The van der Waals surface area contributed by atoms with E-state index in [9.17, 15) is 4.79 Å². The standard InChI is InChI=1S/C14H8BrN3O/c15-8-5-6-12-10(7-8)17-14(19)13-16-9-3-1-2-4-11(9)18(12)13/h1-7H,(H,17,19). The lowest BCUT2D eigenvalue weighted by molar-refractivity contribution is 1.19. The minimum absolute atomic E-state index is 0.179. The Balaban J connectivity index is 2.40. The van der Waals surface area contributed by atoms with Crippen LogP contribution in [0.2, 0.25) is 0 Å². The Bertz CT molecular complexity index is 1000. The van der Waals surface area contributed by atoms with E-state index in [1.165, 1.54) is 0 Å². The number of halogens is 1. The van der Waals surface area contributed by atoms with Crippen LogP contribution in [0.4, 0.5) is 0 Å². The van der Waals surface area contributed by atoms with Crippen molar-refractivity contribution in [2.45, 2.75) is 0 Å². The number of benzene rings is 2. The molecule has 2 heterocycles. The lowest BCUT2D eigenvalue weighted by Crippen LogP contribution is -2.10. The number of fused-ring (bicyclic) bond motifs is 5. The van der Waals surface area contributed by atoms with Crippen molar-refractivity contribution in [2.75, 3.05) is 0 Å². The second kappa shape index (κ2) is 3.68. The van der Waals surface area contributed by atoms with Crippen LogP contribution in [0, 0.1) is 0 Å². The molecule has 0 radical (unpaired) electrons. The number of hydrogen-bond donors (Lipinski definition) is 1. The molecule has 92 valence electrons. The first-order valence-electron chi connectivity index (χ1n) is 5.83. The summed E-state index contributed by atoms with van der Waals surface area (Å²) in [5, 5.41) is 0. The van der Waals surface area contributed by atoms with E-state index in [2.05, 4.69) is 25.9 Å². The minimum Gasteiger partial charge on any atom is -0.317 e. The molecular formula is C14H8BrN3O. The lowest BCUT2D eigenvalue weighted by atomic mass is 10.3. The van der Waals surface area contributed by atoms with Gasteiger partial charge in [0.2, 0.25) is 5.65 Å². The molecule has 0 aliphatic carbocycles. The Morgan fingerprint density at radius 1 is 1.11 bits per heavy atom. The van der Waals surface area contributed by atoms with Gasteiger partial charge in [0.1, 0.15) is 0 Å². The highest BCUT2D eigenvalue weighted by Gasteiger charge is 2.10. The number of aromatic amines is 1. The van der Waals surface area contributed by atoms with E-state index in [4.69, 9.17) is 0 Å². The third kappa shape index (κ3) is 1.45. The molecule has 19 heavy (non-hydrogen) atoms. The van der Waals surface area contributed by atoms with E-state index < -0.39 is 0 Å². The van der Waals surface area contributed by atoms with Crippen molar-refractivity contribution >= 4 is 43.6 Å². The summed E-state index contributed by atoms with van der Waals surface area (Å²) in [4.78, 5) is 19.4. The molecule has 4 aromatic rings. The van der Waals surface area contributed by atoms with Crippen molar-refractivity contribution in [1.29, 1.82) is 0 Å². The Morgan fingerprint density at radius 2 is 1.95 bits per heavy atom. The Labute approximate surface area is 115 Å². The summed E-state index contributed by atoms with van der Waals surface area (Å²) >= 11 is 3.41. The molecule has 0 unspecified atom stereocenters. The predicted molar refractivity (Wildman–Crippen MR) is 78.5 cm³/mol. The molecule has 2 aromatic carbocycles. The number of hydrogen-bond acceptors (Lipinski definition) is 2. The molecule has 0 spiro atoms. The topological polar surface area (TPSA) is 50.2 Å². The molecule has 0 aliphatic heterocycles. The smallest absolute Gasteiger partial charge is 0.292 e. The zero-order valence-corrected chi connectivity index (χ0v) is 11.3. The average molecular weight is 314 g/mol. The normalized spacial score (nSPS) is 11.6. The third-order valence-electron chi connectivity index (χ3n) is 3.21. The van der Waals surface area contributed by atoms with Gasteiger partial charge in [0, 0.05) is 4.47 Å². The predicted octanol–water partition coefficient (Wildman–Crippen LogP) is 3.09. The van der Waals surface area contributed by atoms with Gasteiger partial charge in [-0.2, -0.15) is 0 Å². The van der Waals surface area contributed by atoms with Crippen LogP contribution in [-0.4, -0.2) is 14.4 Å². The van der Waals surface area contributed by atoms with E-state index in [0.717, 1.165) is 26.5 Å². The van der Waals surface area contributed by atoms with Gasteiger partial charge in [-0.25, -0.2) is 4.98 Å². The molecule has 0 saturated carbocycles. The van der Waals surface area contributed by atoms with Crippen LogP contribution >= 0.6 is 15.9 Å². The average Bonchev–Trinajstić information content (AvgIpc) is 2.79. The van der Waals surface area contributed by atoms with Gasteiger partial charge in [0.05, 0.1) is 22.1 Å². The van der Waals surface area contributed by atoms with E-state index in [1.54, 1.807) is 0 Å². The first-order chi connectivity index (χ1) is 9.24. The van der Waals surface area contributed by atoms with Crippen molar-refractivity contribution in [3.63, 3.8) is 0 Å². The number of aromatic nitrogens is 3. The van der Waals surface area contributed by atoms with Gasteiger partial charge in [0.25, 0.3) is 5.56 Å². The fourth-order valence-corrected chi connectivity index (χ4v) is 2.76. The summed E-state index contributed by atoms with van der Waals surface area (Å²) in [6.45, 7) is 0. The quantitative estimate of drug-likeness (QED) is 0.542. The summed E-state index contributed by atoms with van der Waals surface area (Å²) in [6, 6.07) is 13.6. The number of rotatable bonds is 0. The van der Waals surface area contributed by atoms with Crippen LogP contribution in [0.25, 0.3) is 27.7 Å². The molecule has 0 atom stereocenters. The second-order valence-corrected chi connectivity index (χ2v) is 5.29. The Kier molecular flexibility index (Phi) is 2.08. The van der Waals surface area contributed by atoms with Crippen molar-refractivity contribution in [1.82, 2.24) is 14.4 Å². The van der Waals surface area contributed by atoms with Crippen LogP contribution in [0.5, 0.6) is 0 Å². The van der Waals surface area contributed by atoms with Crippen LogP contribution < -0.4 is 5.56 Å². The van der Waals surface area contributed by atoms with Crippen molar-refractivity contribution in [3.05, 3.63) is 57.3 Å². The zero-order valence-electron chi connectivity index (χ0n) is 9.72. The molecule has 4 rings (SSSR count). The Hall–Kier alpha value is -2.14. The summed E-state index contributed by atoms with van der Waals surface area (Å²) < 4.78 is 2.83. The lowest BCUT2D eigenvalue weighted by Gasteiger charge is -2.03. The van der Waals surface area contributed by atoms with Gasteiger partial charge >= 0.3 is 0 Å². The van der Waals surface area contributed by atoms with Crippen LogP contribution in [0.15, 0.2) is 51.7 Å². The zero-order chi connectivity index (χ0) is 13.0. The van der Waals surface area contributed by atoms with Gasteiger partial charge in [-0.05, 0) is 30.3 Å². The molecule has 0 fully saturated rings. The third-order valence-corrected chi connectivity index (χ3v) is 3.70. The first kappa shape index (κ1) is 10.8. The molecule has 5 heteroatoms. The number of para-hydroxylation sites is 2. The largest absolute Gasteiger partial charge is 0.317 e. The molecule has 1 N–H and O–H groups in total. The molecule has 2 aromatic heterocycles. The maximum Gasteiger partial charge on any atom is 0.292 e. The van der Waals surface area contributed by atoms with Gasteiger partial charge in [-0.15, -0.1) is 0 Å². The summed E-state index contributed by atoms with van der Waals surface area (Å²) in [5.41, 5.74) is 3.73. The monoisotopic (exact) mass is 313 g/mol. The van der Waals surface area contributed by atoms with E-state index in [1.807, 2.05) is 46.9 Å². The molecular weight excluding hydrogens is 306 g/mol. The first-order valence-corrected chi connectivity index (χ1v) is 6.62. The van der Waals surface area contributed by atoms with Crippen LogP contribution in [0.1, 0.15) is 0 Å². The van der Waals surface area contributed by atoms with Gasteiger partial charge in [-0.1, -0.05) is 28.1 Å². The molecule has 0 bridgehead atoms. The van der Waals surface area contributed by atoms with E-state index >= 15 is 0 Å². The fourth-order valence-electron chi connectivity index (χ4n) is 2.40.